The van der Waals surface area contributed by atoms with Gasteiger partial charge in [0.25, 0.3) is 5.91 Å². The number of primary amides is 1. The van der Waals surface area contributed by atoms with Gasteiger partial charge in [-0.05, 0) is 39.2 Å². The first kappa shape index (κ1) is 21.6. The summed E-state index contributed by atoms with van der Waals surface area (Å²) < 4.78 is 38.0. The van der Waals surface area contributed by atoms with Gasteiger partial charge in [-0.25, -0.2) is 12.8 Å². The van der Waals surface area contributed by atoms with Crippen molar-refractivity contribution in [3.63, 3.8) is 0 Å². The minimum absolute atomic E-state index is 0.0749. The fraction of sp³-hybridized carbons (Fsp3) is 0.667. The average Bonchev–Trinajstić information content (AvgIpc) is 2.53. The Morgan fingerprint density at radius 1 is 1.48 bits per heavy atom. The lowest BCUT2D eigenvalue weighted by atomic mass is 9.93. The molecule has 3 atom stereocenters. The molecule has 0 bridgehead atoms. The zero-order valence-corrected chi connectivity index (χ0v) is 16.7. The summed E-state index contributed by atoms with van der Waals surface area (Å²) in [5, 5.41) is 12.6. The molecule has 0 aliphatic heterocycles. The Hall–Kier alpha value is -1.74. The van der Waals surface area contributed by atoms with E-state index in [-0.39, 0.29) is 23.7 Å². The maximum atomic E-state index is 14.3. The number of amides is 1. The van der Waals surface area contributed by atoms with Crippen molar-refractivity contribution < 1.29 is 22.7 Å². The topological polar surface area (TPSA) is 122 Å². The Bertz CT molecular complexity index is 792. The first-order valence-electron chi connectivity index (χ1n) is 8.99. The largest absolute Gasteiger partial charge is 0.387 e. The van der Waals surface area contributed by atoms with E-state index < -0.39 is 32.8 Å². The van der Waals surface area contributed by atoms with Crippen LogP contribution in [-0.2, 0) is 16.3 Å². The van der Waals surface area contributed by atoms with Crippen molar-refractivity contribution >= 4 is 21.4 Å². The third-order valence-corrected chi connectivity index (χ3v) is 6.65. The highest BCUT2D eigenvalue weighted by Crippen LogP contribution is 2.29. The van der Waals surface area contributed by atoms with Gasteiger partial charge in [0.15, 0.2) is 0 Å². The van der Waals surface area contributed by atoms with Gasteiger partial charge < -0.3 is 16.2 Å². The second kappa shape index (κ2) is 8.10. The van der Waals surface area contributed by atoms with Gasteiger partial charge >= 0.3 is 0 Å². The monoisotopic (exact) mass is 401 g/mol. The molecule has 1 saturated carbocycles. The van der Waals surface area contributed by atoms with Gasteiger partial charge in [-0.15, -0.1) is 0 Å². The number of sulfone groups is 1. The number of aliphatic hydroxyl groups is 1. The van der Waals surface area contributed by atoms with Crippen LogP contribution < -0.4 is 11.1 Å². The number of anilines is 1. The minimum atomic E-state index is -3.14. The van der Waals surface area contributed by atoms with E-state index in [0.717, 1.165) is 12.8 Å². The minimum Gasteiger partial charge on any atom is -0.387 e. The van der Waals surface area contributed by atoms with E-state index in [1.807, 2.05) is 0 Å². The predicted octanol–water partition coefficient (Wildman–Crippen LogP) is 1.60. The molecule has 2 unspecified atom stereocenters. The van der Waals surface area contributed by atoms with E-state index >= 15 is 0 Å². The highest BCUT2D eigenvalue weighted by molar-refractivity contribution is 7.91. The van der Waals surface area contributed by atoms with Crippen LogP contribution in [0.4, 0.5) is 10.1 Å². The van der Waals surface area contributed by atoms with Crippen molar-refractivity contribution in [2.24, 2.45) is 5.73 Å². The number of nitrogens with two attached hydrogens (primary N) is 1. The van der Waals surface area contributed by atoms with Crippen LogP contribution in [0.25, 0.3) is 0 Å². The van der Waals surface area contributed by atoms with Crippen LogP contribution in [0.2, 0.25) is 0 Å². The summed E-state index contributed by atoms with van der Waals surface area (Å²) in [4.78, 5) is 16.1. The SMILES string of the molecule is CC(C)(O)[C@H](F)Cc1nccc(NC2CCCC(S(C)(=O)=O)C2)c1C(N)=O. The predicted molar refractivity (Wildman–Crippen MR) is 102 cm³/mol. The molecule has 1 amide bonds. The normalized spacial score (nSPS) is 22.3. The third kappa shape index (κ3) is 5.62. The van der Waals surface area contributed by atoms with Crippen molar-refractivity contribution in [1.82, 2.24) is 4.98 Å². The molecule has 0 aromatic carbocycles. The Balaban J connectivity index is 2.26. The highest BCUT2D eigenvalue weighted by Gasteiger charge is 2.31. The average molecular weight is 402 g/mol. The fourth-order valence-corrected chi connectivity index (χ4v) is 4.54. The number of hydrogen-bond acceptors (Lipinski definition) is 6. The number of nitrogens with one attached hydrogen (secondary N) is 1. The first-order valence-corrected chi connectivity index (χ1v) is 10.9. The lowest BCUT2D eigenvalue weighted by Crippen LogP contribution is -2.36. The zero-order valence-electron chi connectivity index (χ0n) is 15.9. The standard InChI is InChI=1S/C18H28FN3O4S/c1-18(2,24)15(19)10-14-16(17(20)23)13(7-8-21-14)22-11-5-4-6-12(9-11)27(3,25)26/h7-8,11-12,15,24H,4-6,9-10H2,1-3H3,(H2,20,23)(H,21,22)/t11?,12?,15-/m1/s1. The Kier molecular flexibility index (Phi) is 6.47. The quantitative estimate of drug-likeness (QED) is 0.638. The van der Waals surface area contributed by atoms with E-state index in [2.05, 4.69) is 10.3 Å². The summed E-state index contributed by atoms with van der Waals surface area (Å²) in [6.07, 6.45) is 3.37. The van der Waals surface area contributed by atoms with Crippen LogP contribution in [-0.4, -0.2) is 53.7 Å². The lowest BCUT2D eigenvalue weighted by Gasteiger charge is -2.30. The van der Waals surface area contributed by atoms with Crippen molar-refractivity contribution in [2.75, 3.05) is 11.6 Å². The molecule has 4 N–H and O–H groups in total. The number of nitrogens with zero attached hydrogens (tertiary/aromatic N) is 1. The fourth-order valence-electron chi connectivity index (χ4n) is 3.36. The molecule has 1 aliphatic rings. The molecule has 1 aliphatic carbocycles. The summed E-state index contributed by atoms with van der Waals surface area (Å²) in [7, 11) is -3.14. The van der Waals surface area contributed by atoms with Gasteiger partial charge in [0.05, 0.1) is 27.8 Å². The van der Waals surface area contributed by atoms with E-state index in [4.69, 9.17) is 5.73 Å². The Morgan fingerprint density at radius 3 is 2.70 bits per heavy atom. The van der Waals surface area contributed by atoms with Crippen molar-refractivity contribution in [1.29, 1.82) is 0 Å². The summed E-state index contributed by atoms with van der Waals surface area (Å²) in [6, 6.07) is 1.44. The van der Waals surface area contributed by atoms with E-state index in [9.17, 15) is 22.7 Å². The molecule has 2 rings (SSSR count). The number of pyridine rings is 1. The maximum Gasteiger partial charge on any atom is 0.252 e. The highest BCUT2D eigenvalue weighted by atomic mass is 32.2. The summed E-state index contributed by atoms with van der Waals surface area (Å²) >= 11 is 0. The van der Waals surface area contributed by atoms with Crippen LogP contribution in [0.1, 0.15) is 55.6 Å². The lowest BCUT2D eigenvalue weighted by molar-refractivity contribution is -0.00307. The number of aromatic nitrogens is 1. The molecule has 1 aromatic rings. The third-order valence-electron chi connectivity index (χ3n) is 5.01. The van der Waals surface area contributed by atoms with Crippen LogP contribution in [0.15, 0.2) is 12.3 Å². The molecule has 27 heavy (non-hydrogen) atoms. The summed E-state index contributed by atoms with van der Waals surface area (Å²) in [6.45, 7) is 2.69. The van der Waals surface area contributed by atoms with Gasteiger partial charge in [0, 0.05) is 24.9 Å². The molecule has 1 heterocycles. The summed E-state index contributed by atoms with van der Waals surface area (Å²) in [5.74, 6) is -0.751. The van der Waals surface area contributed by atoms with Gasteiger partial charge in [0.2, 0.25) is 0 Å². The molecular weight excluding hydrogens is 373 g/mol. The van der Waals surface area contributed by atoms with Crippen LogP contribution in [0.3, 0.4) is 0 Å². The maximum absolute atomic E-state index is 14.3. The molecule has 152 valence electrons. The molecule has 1 aromatic heterocycles. The number of hydrogen-bond donors (Lipinski definition) is 3. The van der Waals surface area contributed by atoms with Crippen molar-refractivity contribution in [2.45, 2.75) is 69.0 Å². The molecule has 7 nitrogen and oxygen atoms in total. The Labute approximate surface area is 159 Å². The molecule has 1 fully saturated rings. The second-order valence-electron chi connectivity index (χ2n) is 7.83. The molecule has 0 spiro atoms. The van der Waals surface area contributed by atoms with Gasteiger partial charge in [-0.2, -0.15) is 0 Å². The van der Waals surface area contributed by atoms with Gasteiger partial charge in [0.1, 0.15) is 16.0 Å². The number of alkyl halides is 1. The summed E-state index contributed by atoms with van der Waals surface area (Å²) in [5.41, 5.74) is 4.58. The van der Waals surface area contributed by atoms with Gasteiger partial charge in [-0.1, -0.05) is 6.42 Å². The second-order valence-corrected chi connectivity index (χ2v) is 10.2. The number of carbonyl (C=O) groups excluding carboxylic acids is 1. The smallest absolute Gasteiger partial charge is 0.252 e. The van der Waals surface area contributed by atoms with Crippen LogP contribution in [0, 0.1) is 0 Å². The molecule has 0 radical (unpaired) electrons. The van der Waals surface area contributed by atoms with Crippen molar-refractivity contribution in [3.8, 4) is 0 Å². The zero-order chi connectivity index (χ0) is 20.4. The first-order chi connectivity index (χ1) is 12.4. The van der Waals surface area contributed by atoms with Crippen LogP contribution in [0.5, 0.6) is 0 Å². The van der Waals surface area contributed by atoms with E-state index in [1.165, 1.54) is 26.3 Å². The Morgan fingerprint density at radius 2 is 2.15 bits per heavy atom. The molecular formula is C18H28FN3O4S. The number of carbonyl (C=O) groups is 1. The molecule has 9 heteroatoms. The number of rotatable bonds is 7. The van der Waals surface area contributed by atoms with Crippen LogP contribution >= 0.6 is 0 Å². The number of halogens is 1. The van der Waals surface area contributed by atoms with E-state index in [0.29, 0.717) is 18.5 Å². The van der Waals surface area contributed by atoms with E-state index in [1.54, 1.807) is 6.07 Å². The molecule has 0 saturated heterocycles. The van der Waals surface area contributed by atoms with Gasteiger partial charge in [-0.3, -0.25) is 9.78 Å². The van der Waals surface area contributed by atoms with Crippen molar-refractivity contribution in [3.05, 3.63) is 23.5 Å².